The Morgan fingerprint density at radius 1 is 1.21 bits per heavy atom. The van der Waals surface area contributed by atoms with Gasteiger partial charge >= 0.3 is 0 Å². The topological polar surface area (TPSA) is 41.6 Å². The van der Waals surface area contributed by atoms with Gasteiger partial charge in [-0.05, 0) is 44.4 Å². The Morgan fingerprint density at radius 2 is 1.92 bits per heavy atom. The fourth-order valence-corrected chi connectivity index (χ4v) is 3.50. The van der Waals surface area contributed by atoms with Crippen LogP contribution in [0.1, 0.15) is 31.2 Å². The first-order chi connectivity index (χ1) is 11.6. The van der Waals surface area contributed by atoms with Gasteiger partial charge < -0.3 is 10.1 Å². The molecule has 2 saturated heterocycles. The third-order valence-corrected chi connectivity index (χ3v) is 4.89. The average molecular weight is 338 g/mol. The van der Waals surface area contributed by atoms with Gasteiger partial charge in [-0.1, -0.05) is 6.07 Å². The molecule has 0 aromatic heterocycles. The van der Waals surface area contributed by atoms with E-state index < -0.39 is 11.6 Å². The molecule has 3 rings (SSSR count). The van der Waals surface area contributed by atoms with Crippen molar-refractivity contribution in [1.82, 2.24) is 10.2 Å². The molecule has 2 fully saturated rings. The molecule has 1 aromatic rings. The summed E-state index contributed by atoms with van der Waals surface area (Å²) in [5.41, 5.74) is 0.105. The van der Waals surface area contributed by atoms with Gasteiger partial charge in [0.2, 0.25) is 5.91 Å². The van der Waals surface area contributed by atoms with Crippen molar-refractivity contribution < 1.29 is 18.3 Å². The van der Waals surface area contributed by atoms with E-state index in [2.05, 4.69) is 5.32 Å². The van der Waals surface area contributed by atoms with Crippen LogP contribution in [0.15, 0.2) is 18.2 Å². The fourth-order valence-electron chi connectivity index (χ4n) is 3.50. The third kappa shape index (κ3) is 4.30. The number of benzene rings is 1. The molecule has 1 aromatic carbocycles. The van der Waals surface area contributed by atoms with Gasteiger partial charge in [0, 0.05) is 43.8 Å². The third-order valence-electron chi connectivity index (χ3n) is 4.89. The van der Waals surface area contributed by atoms with E-state index in [1.807, 2.05) is 4.90 Å². The maximum Gasteiger partial charge on any atom is 0.223 e. The van der Waals surface area contributed by atoms with Crippen molar-refractivity contribution in [2.24, 2.45) is 5.92 Å². The van der Waals surface area contributed by atoms with Crippen LogP contribution in [-0.4, -0.2) is 43.2 Å². The molecular weight excluding hydrogens is 314 g/mol. The van der Waals surface area contributed by atoms with Gasteiger partial charge in [0.1, 0.15) is 11.6 Å². The second kappa shape index (κ2) is 8.03. The van der Waals surface area contributed by atoms with Gasteiger partial charge in [-0.15, -0.1) is 0 Å². The highest BCUT2D eigenvalue weighted by atomic mass is 19.1. The van der Waals surface area contributed by atoms with Crippen LogP contribution in [0, 0.1) is 17.6 Å². The summed E-state index contributed by atoms with van der Waals surface area (Å²) in [5, 5.41) is 3.11. The lowest BCUT2D eigenvalue weighted by molar-refractivity contribution is -0.129. The number of likely N-dealkylation sites (tertiary alicyclic amines) is 1. The lowest BCUT2D eigenvalue weighted by Crippen LogP contribution is -2.49. The highest BCUT2D eigenvalue weighted by Crippen LogP contribution is 2.20. The zero-order valence-electron chi connectivity index (χ0n) is 13.8. The van der Waals surface area contributed by atoms with Crippen molar-refractivity contribution in [1.29, 1.82) is 0 Å². The van der Waals surface area contributed by atoms with Crippen LogP contribution in [-0.2, 0) is 16.1 Å². The number of nitrogens with one attached hydrogen (secondary N) is 1. The number of rotatable bonds is 4. The molecule has 6 heteroatoms. The monoisotopic (exact) mass is 338 g/mol. The van der Waals surface area contributed by atoms with Crippen LogP contribution in [0.4, 0.5) is 8.78 Å². The number of hydrogen-bond acceptors (Lipinski definition) is 3. The molecule has 132 valence electrons. The van der Waals surface area contributed by atoms with Crippen LogP contribution < -0.4 is 5.32 Å². The quantitative estimate of drug-likeness (QED) is 0.917. The van der Waals surface area contributed by atoms with Crippen molar-refractivity contribution in [3.8, 4) is 0 Å². The van der Waals surface area contributed by atoms with Crippen LogP contribution >= 0.6 is 0 Å². The number of nitrogens with zero attached hydrogens (tertiary/aromatic N) is 1. The van der Waals surface area contributed by atoms with E-state index >= 15 is 0 Å². The smallest absolute Gasteiger partial charge is 0.223 e. The minimum Gasteiger partial charge on any atom is -0.381 e. The molecule has 24 heavy (non-hydrogen) atoms. The molecule has 1 atom stereocenters. The number of hydrogen-bond donors (Lipinski definition) is 1. The van der Waals surface area contributed by atoms with Gasteiger partial charge in [0.05, 0.1) is 0 Å². The maximum absolute atomic E-state index is 13.8. The highest BCUT2D eigenvalue weighted by molar-refractivity contribution is 5.79. The predicted octanol–water partition coefficient (Wildman–Crippen LogP) is 2.47. The molecule has 2 aliphatic heterocycles. The molecule has 0 spiro atoms. The van der Waals surface area contributed by atoms with E-state index in [0.717, 1.165) is 32.2 Å². The first-order valence-electron chi connectivity index (χ1n) is 8.67. The Hall–Kier alpha value is -1.53. The maximum atomic E-state index is 13.8. The first-order valence-corrected chi connectivity index (χ1v) is 8.67. The molecule has 0 bridgehead atoms. The van der Waals surface area contributed by atoms with Crippen molar-refractivity contribution in [2.45, 2.75) is 38.3 Å². The van der Waals surface area contributed by atoms with Gasteiger partial charge in [0.15, 0.2) is 0 Å². The summed E-state index contributed by atoms with van der Waals surface area (Å²) in [6, 6.07) is 3.99. The summed E-state index contributed by atoms with van der Waals surface area (Å²) in [4.78, 5) is 14.3. The number of carbonyl (C=O) groups excluding carboxylic acids is 1. The lowest BCUT2D eigenvalue weighted by Gasteiger charge is -2.34. The van der Waals surface area contributed by atoms with Crippen LogP contribution in [0.5, 0.6) is 0 Å². The Kier molecular flexibility index (Phi) is 5.79. The first kappa shape index (κ1) is 17.3. The normalized spacial score (nSPS) is 23.2. The average Bonchev–Trinajstić information content (AvgIpc) is 2.59. The predicted molar refractivity (Wildman–Crippen MR) is 86.3 cm³/mol. The zero-order chi connectivity index (χ0) is 16.9. The Labute approximate surface area is 141 Å². The standard InChI is InChI=1S/C18H24F2N2O2/c19-16-4-1-5-17(20)15(16)12-22-8-2-3-14(11-22)21-18(23)13-6-9-24-10-7-13/h1,4-5,13-14H,2-3,6-12H2,(H,21,23)/t14-/m1/s1. The van der Waals surface area contributed by atoms with Crippen LogP contribution in [0.25, 0.3) is 0 Å². The second-order valence-corrected chi connectivity index (χ2v) is 6.67. The number of carbonyl (C=O) groups is 1. The molecular formula is C18H24F2N2O2. The Balaban J connectivity index is 1.55. The number of piperidine rings is 1. The Morgan fingerprint density at radius 3 is 2.62 bits per heavy atom. The molecule has 0 saturated carbocycles. The minimum absolute atomic E-state index is 0.0261. The summed E-state index contributed by atoms with van der Waals surface area (Å²) >= 11 is 0. The molecule has 2 heterocycles. The lowest BCUT2D eigenvalue weighted by atomic mass is 9.97. The zero-order valence-corrected chi connectivity index (χ0v) is 13.8. The molecule has 1 N–H and O–H groups in total. The van der Waals surface area contributed by atoms with Crippen LogP contribution in [0.2, 0.25) is 0 Å². The van der Waals surface area contributed by atoms with Gasteiger partial charge in [-0.2, -0.15) is 0 Å². The van der Waals surface area contributed by atoms with Crippen LogP contribution in [0.3, 0.4) is 0 Å². The molecule has 0 aliphatic carbocycles. The number of amides is 1. The van der Waals surface area contributed by atoms with Gasteiger partial charge in [-0.25, -0.2) is 8.78 Å². The molecule has 0 unspecified atom stereocenters. The van der Waals surface area contributed by atoms with Crippen molar-refractivity contribution >= 4 is 5.91 Å². The van der Waals surface area contributed by atoms with Crippen molar-refractivity contribution in [3.63, 3.8) is 0 Å². The highest BCUT2D eigenvalue weighted by Gasteiger charge is 2.27. The Bertz CT molecular complexity index is 556. The summed E-state index contributed by atoms with van der Waals surface area (Å²) in [5.74, 6) is -0.910. The van der Waals surface area contributed by atoms with E-state index in [1.165, 1.54) is 18.2 Å². The van der Waals surface area contributed by atoms with E-state index in [1.54, 1.807) is 0 Å². The summed E-state index contributed by atoms with van der Waals surface area (Å²) in [6.45, 7) is 2.94. The van der Waals surface area contributed by atoms with Crippen molar-refractivity contribution in [3.05, 3.63) is 35.4 Å². The van der Waals surface area contributed by atoms with E-state index in [9.17, 15) is 13.6 Å². The largest absolute Gasteiger partial charge is 0.381 e. The van der Waals surface area contributed by atoms with E-state index in [4.69, 9.17) is 4.74 Å². The summed E-state index contributed by atoms with van der Waals surface area (Å²) in [7, 11) is 0. The fraction of sp³-hybridized carbons (Fsp3) is 0.611. The summed E-state index contributed by atoms with van der Waals surface area (Å²) in [6.07, 6.45) is 3.35. The number of halogens is 2. The van der Waals surface area contributed by atoms with E-state index in [0.29, 0.717) is 19.8 Å². The van der Waals surface area contributed by atoms with E-state index in [-0.39, 0.29) is 30.0 Å². The second-order valence-electron chi connectivity index (χ2n) is 6.67. The molecule has 2 aliphatic rings. The van der Waals surface area contributed by atoms with Crippen molar-refractivity contribution in [2.75, 3.05) is 26.3 Å². The SMILES string of the molecule is O=C(N[C@@H]1CCCN(Cc2c(F)cccc2F)C1)C1CCOCC1. The number of ether oxygens (including phenoxy) is 1. The minimum atomic E-state index is -0.511. The van der Waals surface area contributed by atoms with Gasteiger partial charge in [0.25, 0.3) is 0 Å². The molecule has 4 nitrogen and oxygen atoms in total. The van der Waals surface area contributed by atoms with Gasteiger partial charge in [-0.3, -0.25) is 9.69 Å². The summed E-state index contributed by atoms with van der Waals surface area (Å²) < 4.78 is 32.9. The molecule has 1 amide bonds. The molecule has 0 radical (unpaired) electrons.